The molecule has 0 aliphatic carbocycles. The first-order valence-corrected chi connectivity index (χ1v) is 12.7. The van der Waals surface area contributed by atoms with Gasteiger partial charge in [0.2, 0.25) is 10.1 Å². The molecule has 0 fully saturated rings. The summed E-state index contributed by atoms with van der Waals surface area (Å²) in [5, 5.41) is 17.5. The van der Waals surface area contributed by atoms with Gasteiger partial charge in [0, 0.05) is 17.5 Å². The van der Waals surface area contributed by atoms with E-state index >= 15 is 0 Å². The third kappa shape index (κ3) is 5.21. The Morgan fingerprint density at radius 1 is 1.03 bits per heavy atom. The van der Waals surface area contributed by atoms with Gasteiger partial charge in [0.05, 0.1) is 5.69 Å². The molecule has 11 heteroatoms. The monoisotopic (exact) mass is 494 g/mol. The normalized spacial score (nSPS) is 11.1. The molecule has 0 amide bonds. The van der Waals surface area contributed by atoms with Crippen molar-refractivity contribution in [2.24, 2.45) is 0 Å². The first-order valence-electron chi connectivity index (χ1n) is 10.1. The molecule has 0 atom stereocenters. The number of thioether (sulfide) groups is 1. The van der Waals surface area contributed by atoms with Crippen LogP contribution in [-0.4, -0.2) is 24.8 Å². The summed E-state index contributed by atoms with van der Waals surface area (Å²) in [5.74, 6) is 2.08. The highest BCUT2D eigenvalue weighted by Gasteiger charge is 2.11. The van der Waals surface area contributed by atoms with E-state index in [1.54, 1.807) is 0 Å². The Bertz CT molecular complexity index is 1430. The number of fused-ring (bicyclic) bond motifs is 1. The van der Waals surface area contributed by atoms with Gasteiger partial charge in [0.25, 0.3) is 5.56 Å². The average molecular weight is 495 g/mol. The number of benzene rings is 2. The van der Waals surface area contributed by atoms with Gasteiger partial charge in [-0.15, -0.1) is 10.2 Å². The molecule has 33 heavy (non-hydrogen) atoms. The zero-order chi connectivity index (χ0) is 22.6. The van der Waals surface area contributed by atoms with Crippen LogP contribution < -0.4 is 15.6 Å². The maximum Gasteiger partial charge on any atom is 0.275 e. The molecule has 0 unspecified atom stereocenters. The van der Waals surface area contributed by atoms with Crippen molar-refractivity contribution in [3.63, 3.8) is 0 Å². The number of nitrogens with zero attached hydrogens (tertiary/aromatic N) is 5. The molecule has 0 saturated carbocycles. The number of anilines is 2. The van der Waals surface area contributed by atoms with Crippen molar-refractivity contribution < 1.29 is 4.74 Å². The second-order valence-corrected chi connectivity index (χ2v) is 10.1. The van der Waals surface area contributed by atoms with Crippen LogP contribution in [-0.2, 0) is 12.2 Å². The predicted octanol–water partition coefficient (Wildman–Crippen LogP) is 5.39. The van der Waals surface area contributed by atoms with Crippen LogP contribution in [0.2, 0.25) is 0 Å². The predicted molar refractivity (Wildman–Crippen MR) is 132 cm³/mol. The molecule has 5 aromatic rings. The second-order valence-electron chi connectivity index (χ2n) is 6.86. The minimum Gasteiger partial charge on any atom is -0.457 e. The molecule has 0 spiro atoms. The molecule has 0 bridgehead atoms. The highest BCUT2D eigenvalue weighted by molar-refractivity contribution is 8.00. The number of hydrogen-bond donors (Lipinski definition) is 1. The van der Waals surface area contributed by atoms with Crippen molar-refractivity contribution in [3.8, 4) is 11.5 Å². The molecule has 5 rings (SSSR count). The maximum atomic E-state index is 12.3. The lowest BCUT2D eigenvalue weighted by Crippen LogP contribution is -2.15. The SMILES string of the molecule is CCc1nn2c(=O)cc(CSc3nnc(Nc4ccc(Oc5ccccc5)cc4)s3)nc2s1. The van der Waals surface area contributed by atoms with Gasteiger partial charge in [0.15, 0.2) is 4.34 Å². The van der Waals surface area contributed by atoms with E-state index in [1.807, 2.05) is 61.5 Å². The van der Waals surface area contributed by atoms with Crippen LogP contribution in [0.3, 0.4) is 0 Å². The summed E-state index contributed by atoms with van der Waals surface area (Å²) in [7, 11) is 0. The number of aromatic nitrogens is 5. The Labute approximate surface area is 201 Å². The summed E-state index contributed by atoms with van der Waals surface area (Å²) in [4.78, 5) is 17.5. The highest BCUT2D eigenvalue weighted by atomic mass is 32.2. The van der Waals surface area contributed by atoms with E-state index in [2.05, 4.69) is 25.6 Å². The van der Waals surface area contributed by atoms with E-state index in [1.165, 1.54) is 45.0 Å². The number of rotatable bonds is 8. The van der Waals surface area contributed by atoms with E-state index in [0.717, 1.165) is 33.0 Å². The summed E-state index contributed by atoms with van der Waals surface area (Å²) in [6.07, 6.45) is 0.779. The Morgan fingerprint density at radius 3 is 2.61 bits per heavy atom. The van der Waals surface area contributed by atoms with Gasteiger partial charge in [-0.3, -0.25) is 4.79 Å². The van der Waals surface area contributed by atoms with Crippen molar-refractivity contribution in [2.45, 2.75) is 23.4 Å². The Balaban J connectivity index is 1.20. The largest absolute Gasteiger partial charge is 0.457 e. The van der Waals surface area contributed by atoms with Crippen LogP contribution in [0.25, 0.3) is 4.96 Å². The molecule has 0 saturated heterocycles. The lowest BCUT2D eigenvalue weighted by molar-refractivity contribution is 0.483. The Morgan fingerprint density at radius 2 is 1.82 bits per heavy atom. The highest BCUT2D eigenvalue weighted by Crippen LogP contribution is 2.30. The quantitative estimate of drug-likeness (QED) is 0.287. The molecular formula is C22H18N6O2S3. The number of para-hydroxylation sites is 1. The summed E-state index contributed by atoms with van der Waals surface area (Å²) < 4.78 is 7.97. The molecule has 1 N–H and O–H groups in total. The third-order valence-corrected chi connectivity index (χ3v) is 7.54. The van der Waals surface area contributed by atoms with Crippen LogP contribution in [0.1, 0.15) is 17.6 Å². The van der Waals surface area contributed by atoms with Crippen molar-refractivity contribution in [1.29, 1.82) is 0 Å². The molecule has 3 heterocycles. The van der Waals surface area contributed by atoms with E-state index < -0.39 is 0 Å². The van der Waals surface area contributed by atoms with Crippen molar-refractivity contribution in [2.75, 3.05) is 5.32 Å². The molecular weight excluding hydrogens is 476 g/mol. The maximum absolute atomic E-state index is 12.3. The van der Waals surface area contributed by atoms with Crippen LogP contribution >= 0.6 is 34.4 Å². The third-order valence-electron chi connectivity index (χ3n) is 4.48. The van der Waals surface area contributed by atoms with Crippen molar-refractivity contribution in [3.05, 3.63) is 81.7 Å². The fourth-order valence-corrected chi connectivity index (χ4v) is 5.44. The van der Waals surface area contributed by atoms with Gasteiger partial charge >= 0.3 is 0 Å². The molecule has 0 radical (unpaired) electrons. The zero-order valence-electron chi connectivity index (χ0n) is 17.5. The summed E-state index contributed by atoms with van der Waals surface area (Å²) in [6, 6.07) is 18.8. The minimum atomic E-state index is -0.161. The first kappa shape index (κ1) is 21.6. The van der Waals surface area contributed by atoms with Gasteiger partial charge in [-0.2, -0.15) is 9.61 Å². The van der Waals surface area contributed by atoms with E-state index in [0.29, 0.717) is 21.5 Å². The van der Waals surface area contributed by atoms with Gasteiger partial charge in [-0.25, -0.2) is 4.98 Å². The smallest absolute Gasteiger partial charge is 0.275 e. The first-order chi connectivity index (χ1) is 16.2. The average Bonchev–Trinajstić information content (AvgIpc) is 3.46. The molecule has 0 aliphatic heterocycles. The fraction of sp³-hybridized carbons (Fsp3) is 0.136. The van der Waals surface area contributed by atoms with Gasteiger partial charge in [0.1, 0.15) is 16.5 Å². The second kappa shape index (κ2) is 9.69. The molecule has 2 aromatic carbocycles. The van der Waals surface area contributed by atoms with Crippen LogP contribution in [0, 0.1) is 0 Å². The van der Waals surface area contributed by atoms with Crippen LogP contribution in [0.15, 0.2) is 69.8 Å². The van der Waals surface area contributed by atoms with E-state index in [4.69, 9.17) is 4.74 Å². The van der Waals surface area contributed by atoms with Gasteiger partial charge in [-0.05, 0) is 42.8 Å². The summed E-state index contributed by atoms with van der Waals surface area (Å²) >= 11 is 4.38. The molecule has 166 valence electrons. The van der Waals surface area contributed by atoms with Crippen molar-refractivity contribution in [1.82, 2.24) is 24.8 Å². The van der Waals surface area contributed by atoms with Crippen LogP contribution in [0.5, 0.6) is 11.5 Å². The molecule has 3 aromatic heterocycles. The van der Waals surface area contributed by atoms with E-state index in [-0.39, 0.29) is 5.56 Å². The Hall–Kier alpha value is -3.28. The Kier molecular flexibility index (Phi) is 6.33. The number of nitrogens with one attached hydrogen (secondary N) is 1. The topological polar surface area (TPSA) is 94.3 Å². The lowest BCUT2D eigenvalue weighted by Gasteiger charge is -2.06. The van der Waals surface area contributed by atoms with Crippen LogP contribution in [0.4, 0.5) is 10.8 Å². The van der Waals surface area contributed by atoms with E-state index in [9.17, 15) is 4.79 Å². The number of hydrogen-bond acceptors (Lipinski definition) is 10. The number of aryl methyl sites for hydroxylation is 1. The van der Waals surface area contributed by atoms with Gasteiger partial charge in [-0.1, -0.05) is 59.6 Å². The molecule has 0 aliphatic rings. The summed E-state index contributed by atoms with van der Waals surface area (Å²) in [5.41, 5.74) is 1.43. The minimum absolute atomic E-state index is 0.161. The lowest BCUT2D eigenvalue weighted by atomic mass is 10.3. The number of ether oxygens (including phenoxy) is 1. The zero-order valence-corrected chi connectivity index (χ0v) is 19.9. The molecule has 8 nitrogen and oxygen atoms in total. The summed E-state index contributed by atoms with van der Waals surface area (Å²) in [6.45, 7) is 2.01. The van der Waals surface area contributed by atoms with Gasteiger partial charge < -0.3 is 10.1 Å². The fourth-order valence-electron chi connectivity index (χ4n) is 2.92. The van der Waals surface area contributed by atoms with Crippen molar-refractivity contribution >= 4 is 50.2 Å². The standard InChI is InChI=1S/C22H18N6O2S3/c1-2-18-27-28-19(29)12-15(24-21(28)32-18)13-31-22-26-25-20(33-22)23-14-8-10-17(11-9-14)30-16-6-4-3-5-7-16/h3-12H,2,13H2,1H3,(H,23,25).